The highest BCUT2D eigenvalue weighted by Crippen LogP contribution is 2.28. The Balaban J connectivity index is 2.72. The third-order valence-electron chi connectivity index (χ3n) is 2.94. The van der Waals surface area contributed by atoms with Gasteiger partial charge in [-0.3, -0.25) is 14.4 Å². The number of thiophene rings is 1. The summed E-state index contributed by atoms with van der Waals surface area (Å²) in [7, 11) is 3.59. The van der Waals surface area contributed by atoms with Gasteiger partial charge >= 0.3 is 5.97 Å². The quantitative estimate of drug-likeness (QED) is 0.590. The summed E-state index contributed by atoms with van der Waals surface area (Å²) >= 11 is 1.38. The fourth-order valence-corrected chi connectivity index (χ4v) is 2.88. The number of hydrogen-bond acceptors (Lipinski definition) is 5. The van der Waals surface area contributed by atoms with Gasteiger partial charge in [0.2, 0.25) is 5.91 Å². The summed E-state index contributed by atoms with van der Waals surface area (Å²) in [6.07, 6.45) is 1.15. The molecule has 0 radical (unpaired) electrons. The van der Waals surface area contributed by atoms with Gasteiger partial charge in [-0.25, -0.2) is 0 Å². The van der Waals surface area contributed by atoms with Crippen molar-refractivity contribution in [3.63, 3.8) is 0 Å². The second-order valence-corrected chi connectivity index (χ2v) is 6.48. The molecule has 0 aromatic carbocycles. The minimum Gasteiger partial charge on any atom is -0.481 e. The van der Waals surface area contributed by atoms with Crippen LogP contribution in [0.4, 0.5) is 5.00 Å². The van der Waals surface area contributed by atoms with Crippen LogP contribution in [0.15, 0.2) is 6.07 Å². The van der Waals surface area contributed by atoms with E-state index in [9.17, 15) is 14.4 Å². The molecule has 7 nitrogen and oxygen atoms in total. The van der Waals surface area contributed by atoms with Crippen LogP contribution in [-0.4, -0.2) is 55.0 Å². The van der Waals surface area contributed by atoms with Crippen molar-refractivity contribution in [1.82, 2.24) is 10.2 Å². The van der Waals surface area contributed by atoms with Crippen molar-refractivity contribution in [2.24, 2.45) is 0 Å². The highest BCUT2D eigenvalue weighted by Gasteiger charge is 2.17. The zero-order chi connectivity index (χ0) is 17.4. The Morgan fingerprint density at radius 3 is 2.57 bits per heavy atom. The minimum absolute atomic E-state index is 0.0105. The Morgan fingerprint density at radius 1 is 1.30 bits per heavy atom. The molecule has 0 bridgehead atoms. The number of aryl methyl sites for hydroxylation is 1. The second-order valence-electron chi connectivity index (χ2n) is 5.35. The average molecular weight is 341 g/mol. The van der Waals surface area contributed by atoms with E-state index in [0.29, 0.717) is 17.0 Å². The van der Waals surface area contributed by atoms with Crippen LogP contribution in [-0.2, 0) is 16.0 Å². The predicted octanol–water partition coefficient (Wildman–Crippen LogP) is 1.41. The summed E-state index contributed by atoms with van der Waals surface area (Å²) in [4.78, 5) is 37.3. The van der Waals surface area contributed by atoms with Crippen LogP contribution in [0.2, 0.25) is 0 Å². The summed E-state index contributed by atoms with van der Waals surface area (Å²) < 4.78 is 0. The highest BCUT2D eigenvalue weighted by atomic mass is 32.1. The molecule has 23 heavy (non-hydrogen) atoms. The predicted molar refractivity (Wildman–Crippen MR) is 90.1 cm³/mol. The van der Waals surface area contributed by atoms with Gasteiger partial charge in [0.05, 0.1) is 12.1 Å². The fourth-order valence-electron chi connectivity index (χ4n) is 1.87. The zero-order valence-corrected chi connectivity index (χ0v) is 14.5. The lowest BCUT2D eigenvalue weighted by molar-refractivity contribution is -0.137. The summed E-state index contributed by atoms with van der Waals surface area (Å²) in [5, 5.41) is 14.6. The van der Waals surface area contributed by atoms with Crippen LogP contribution in [0.3, 0.4) is 0 Å². The molecular formula is C15H23N3O4S. The maximum atomic E-state index is 12.2. The van der Waals surface area contributed by atoms with E-state index in [1.54, 1.807) is 25.1 Å². The third kappa shape index (κ3) is 6.79. The van der Waals surface area contributed by atoms with Crippen molar-refractivity contribution >= 4 is 34.1 Å². The standard InChI is InChI=1S/C15H23N3O4S/c1-4-10-8-11(14(22)16-7-5-6-13(20)21)15(23-10)17-12(19)9-18(2)3/h8H,4-7,9H2,1-3H3,(H,16,22)(H,17,19)(H,20,21). The Labute approximate surface area is 139 Å². The average Bonchev–Trinajstić information content (AvgIpc) is 2.85. The Kier molecular flexibility index (Phi) is 7.70. The molecule has 0 aliphatic heterocycles. The van der Waals surface area contributed by atoms with E-state index in [4.69, 9.17) is 5.11 Å². The van der Waals surface area contributed by atoms with Crippen molar-refractivity contribution in [2.75, 3.05) is 32.5 Å². The number of carbonyl (C=O) groups is 3. The number of carboxylic acid groups (broad SMARTS) is 1. The van der Waals surface area contributed by atoms with Gasteiger partial charge in [0.15, 0.2) is 0 Å². The number of carboxylic acids is 1. The van der Waals surface area contributed by atoms with Gasteiger partial charge in [0.1, 0.15) is 5.00 Å². The zero-order valence-electron chi connectivity index (χ0n) is 13.6. The molecule has 2 amide bonds. The number of likely N-dealkylation sites (N-methyl/N-ethyl adjacent to an activating group) is 1. The molecule has 1 aromatic heterocycles. The van der Waals surface area contributed by atoms with E-state index >= 15 is 0 Å². The van der Waals surface area contributed by atoms with E-state index in [1.807, 2.05) is 6.92 Å². The molecule has 1 aromatic rings. The van der Waals surface area contributed by atoms with Crippen LogP contribution in [0, 0.1) is 0 Å². The molecule has 0 aliphatic carbocycles. The smallest absolute Gasteiger partial charge is 0.303 e. The first-order valence-corrected chi connectivity index (χ1v) is 8.22. The number of amides is 2. The summed E-state index contributed by atoms with van der Waals surface area (Å²) in [5.41, 5.74) is 0.425. The van der Waals surface area contributed by atoms with Gasteiger partial charge in [0.25, 0.3) is 5.91 Å². The number of nitrogens with one attached hydrogen (secondary N) is 2. The van der Waals surface area contributed by atoms with Gasteiger partial charge in [-0.2, -0.15) is 0 Å². The first kappa shape index (κ1) is 19.1. The molecule has 0 fully saturated rings. The van der Waals surface area contributed by atoms with Crippen molar-refractivity contribution in [3.05, 3.63) is 16.5 Å². The summed E-state index contributed by atoms with van der Waals surface area (Å²) in [5.74, 6) is -1.37. The van der Waals surface area contributed by atoms with Crippen molar-refractivity contribution in [2.45, 2.75) is 26.2 Å². The van der Waals surface area contributed by atoms with Crippen molar-refractivity contribution < 1.29 is 19.5 Å². The monoisotopic (exact) mass is 341 g/mol. The molecular weight excluding hydrogens is 318 g/mol. The number of nitrogens with zero attached hydrogens (tertiary/aromatic N) is 1. The Hall–Kier alpha value is -1.93. The first-order chi connectivity index (χ1) is 10.8. The summed E-state index contributed by atoms with van der Waals surface area (Å²) in [6, 6.07) is 1.77. The second kappa shape index (κ2) is 9.26. The number of aliphatic carboxylic acids is 1. The third-order valence-corrected chi connectivity index (χ3v) is 4.14. The lowest BCUT2D eigenvalue weighted by atomic mass is 10.2. The molecule has 3 N–H and O–H groups in total. The minimum atomic E-state index is -0.889. The molecule has 0 atom stereocenters. The topological polar surface area (TPSA) is 98.7 Å². The highest BCUT2D eigenvalue weighted by molar-refractivity contribution is 7.16. The molecule has 0 spiro atoms. The van der Waals surface area contributed by atoms with Crippen LogP contribution in [0.25, 0.3) is 0 Å². The molecule has 0 saturated carbocycles. The maximum absolute atomic E-state index is 12.2. The molecule has 0 aliphatic rings. The molecule has 1 heterocycles. The maximum Gasteiger partial charge on any atom is 0.303 e. The lowest BCUT2D eigenvalue weighted by Gasteiger charge is -2.10. The first-order valence-electron chi connectivity index (χ1n) is 7.40. The summed E-state index contributed by atoms with van der Waals surface area (Å²) in [6.45, 7) is 2.50. The number of hydrogen-bond donors (Lipinski definition) is 3. The van der Waals surface area contributed by atoms with E-state index in [-0.39, 0.29) is 31.3 Å². The van der Waals surface area contributed by atoms with E-state index < -0.39 is 5.97 Å². The van der Waals surface area contributed by atoms with Gasteiger partial charge in [-0.05, 0) is 33.0 Å². The van der Waals surface area contributed by atoms with E-state index in [0.717, 1.165) is 11.3 Å². The Bertz CT molecular complexity index is 569. The largest absolute Gasteiger partial charge is 0.481 e. The van der Waals surface area contributed by atoms with E-state index in [2.05, 4.69) is 10.6 Å². The van der Waals surface area contributed by atoms with Gasteiger partial charge in [0, 0.05) is 17.8 Å². The number of rotatable bonds is 9. The lowest BCUT2D eigenvalue weighted by Crippen LogP contribution is -2.29. The van der Waals surface area contributed by atoms with Crippen molar-refractivity contribution in [1.29, 1.82) is 0 Å². The van der Waals surface area contributed by atoms with Crippen LogP contribution < -0.4 is 10.6 Å². The molecule has 128 valence electrons. The van der Waals surface area contributed by atoms with Gasteiger partial charge in [-0.15, -0.1) is 11.3 Å². The SMILES string of the molecule is CCc1cc(C(=O)NCCCC(=O)O)c(NC(=O)CN(C)C)s1. The van der Waals surface area contributed by atoms with Crippen LogP contribution in [0.1, 0.15) is 35.0 Å². The Morgan fingerprint density at radius 2 is 2.00 bits per heavy atom. The van der Waals surface area contributed by atoms with Crippen LogP contribution >= 0.6 is 11.3 Å². The number of carbonyl (C=O) groups excluding carboxylic acids is 2. The molecule has 0 unspecified atom stereocenters. The van der Waals surface area contributed by atoms with E-state index in [1.165, 1.54) is 11.3 Å². The number of anilines is 1. The molecule has 1 rings (SSSR count). The van der Waals surface area contributed by atoms with Crippen molar-refractivity contribution in [3.8, 4) is 0 Å². The molecule has 8 heteroatoms. The fraction of sp³-hybridized carbons (Fsp3) is 0.533. The van der Waals surface area contributed by atoms with Gasteiger partial charge in [-0.1, -0.05) is 6.92 Å². The van der Waals surface area contributed by atoms with Gasteiger partial charge < -0.3 is 20.6 Å². The van der Waals surface area contributed by atoms with Crippen LogP contribution in [0.5, 0.6) is 0 Å². The molecule has 0 saturated heterocycles. The normalized spacial score (nSPS) is 10.6.